The number of primary amides is 1. The molecule has 0 radical (unpaired) electrons. The van der Waals surface area contributed by atoms with Crippen LogP contribution in [0.3, 0.4) is 0 Å². The van der Waals surface area contributed by atoms with Crippen LogP contribution in [0.2, 0.25) is 0 Å². The number of benzene rings is 1. The lowest BCUT2D eigenvalue weighted by Crippen LogP contribution is -2.59. The second kappa shape index (κ2) is 22.4. The van der Waals surface area contributed by atoms with Crippen molar-refractivity contribution in [1.82, 2.24) is 30.3 Å². The number of ether oxygens (including phenoxy) is 1. The maximum atomic E-state index is 13.4. The van der Waals surface area contributed by atoms with Crippen LogP contribution in [-0.2, 0) is 33.5 Å². The van der Waals surface area contributed by atoms with Gasteiger partial charge in [-0.15, -0.1) is 11.3 Å². The maximum Gasteiger partial charge on any atom is 0.328 e. The van der Waals surface area contributed by atoms with E-state index in [1.165, 1.54) is 21.8 Å². The van der Waals surface area contributed by atoms with Crippen LogP contribution in [0.5, 0.6) is 0 Å². The largest absolute Gasteiger partial charge is 0.464 e. The molecule has 5 unspecified atom stereocenters. The molecule has 16 nitrogen and oxygen atoms in total. The van der Waals surface area contributed by atoms with Crippen LogP contribution in [0.15, 0.2) is 41.9 Å². The Labute approximate surface area is 326 Å². The first-order valence-corrected chi connectivity index (χ1v) is 19.8. The molecule has 1 aromatic heterocycles. The second-order valence-corrected chi connectivity index (χ2v) is 14.4. The third kappa shape index (κ3) is 13.3. The minimum Gasteiger partial charge on any atom is -0.464 e. The lowest BCUT2D eigenvalue weighted by atomic mass is 9.99. The van der Waals surface area contributed by atoms with Crippen LogP contribution in [0.25, 0.3) is 0 Å². The number of carbonyl (C=O) groups excluding carboxylic acids is 7. The first-order valence-electron chi connectivity index (χ1n) is 19.0. The predicted octanol–water partition coefficient (Wildman–Crippen LogP) is 2.82. The third-order valence-corrected chi connectivity index (χ3v) is 10.0. The number of hydrogen-bond donors (Lipinski definition) is 4. The normalized spacial score (nSPS) is 24.1. The Hall–Kier alpha value is -5.06. The molecule has 0 saturated carbocycles. The Morgan fingerprint density at radius 3 is 2.25 bits per heavy atom. The summed E-state index contributed by atoms with van der Waals surface area (Å²) in [7, 11) is 0. The van der Waals surface area contributed by atoms with E-state index in [0.29, 0.717) is 50.4 Å². The summed E-state index contributed by atoms with van der Waals surface area (Å²) in [5, 5.41) is 9.67. The Morgan fingerprint density at radius 1 is 0.927 bits per heavy atom. The van der Waals surface area contributed by atoms with E-state index >= 15 is 0 Å². The number of fused-ring (bicyclic) bond motifs is 3. The Bertz CT molecular complexity index is 1590. The quantitative estimate of drug-likeness (QED) is 0.337. The molecule has 0 bridgehead atoms. The number of hydrogen-bond acceptors (Lipinski definition) is 10. The van der Waals surface area contributed by atoms with Crippen LogP contribution in [-0.4, -0.2) is 118 Å². The highest BCUT2D eigenvalue weighted by atomic mass is 32.1. The zero-order valence-electron chi connectivity index (χ0n) is 32.5. The molecule has 4 fully saturated rings. The number of piperidine rings is 1. The van der Waals surface area contributed by atoms with Gasteiger partial charge in [-0.05, 0) is 58.3 Å². The topological polar surface area (TPSA) is 213 Å². The molecule has 5 atom stereocenters. The van der Waals surface area contributed by atoms with Gasteiger partial charge in [-0.2, -0.15) is 0 Å². The zero-order valence-corrected chi connectivity index (χ0v) is 33.3. The van der Waals surface area contributed by atoms with E-state index in [4.69, 9.17) is 10.5 Å². The molecule has 5 heterocycles. The molecule has 302 valence electrons. The number of aromatic nitrogens is 1. The van der Waals surface area contributed by atoms with E-state index < -0.39 is 42.1 Å². The fraction of sp³-hybridized carbons (Fsp3) is 0.579. The summed E-state index contributed by atoms with van der Waals surface area (Å²) in [6.07, 6.45) is 5.45. The highest BCUT2D eigenvalue weighted by molar-refractivity contribution is 7.13. The highest BCUT2D eigenvalue weighted by Crippen LogP contribution is 2.27. The molecule has 0 spiro atoms. The Kier molecular flexibility index (Phi) is 18.0. The van der Waals surface area contributed by atoms with E-state index in [0.717, 1.165) is 12.8 Å². The smallest absolute Gasteiger partial charge is 0.328 e. The van der Waals surface area contributed by atoms with Gasteiger partial charge in [-0.3, -0.25) is 29.3 Å². The van der Waals surface area contributed by atoms with Gasteiger partial charge in [0, 0.05) is 31.2 Å². The van der Waals surface area contributed by atoms with Gasteiger partial charge in [0.1, 0.15) is 30.8 Å². The number of rotatable bonds is 3. The van der Waals surface area contributed by atoms with Gasteiger partial charge in [0.2, 0.25) is 29.5 Å². The number of aryl methyl sites for hydroxylation is 1. The van der Waals surface area contributed by atoms with Gasteiger partial charge in [-0.1, -0.05) is 56.7 Å². The number of esters is 1. The van der Waals surface area contributed by atoms with Crippen molar-refractivity contribution in [3.8, 4) is 0 Å². The summed E-state index contributed by atoms with van der Waals surface area (Å²) in [5.41, 5.74) is 6.14. The Morgan fingerprint density at radius 2 is 1.62 bits per heavy atom. The van der Waals surface area contributed by atoms with Gasteiger partial charge in [0.15, 0.2) is 5.13 Å². The molecule has 5 N–H and O–H groups in total. The molecule has 4 saturated heterocycles. The van der Waals surface area contributed by atoms with Crippen molar-refractivity contribution in [1.29, 1.82) is 0 Å². The van der Waals surface area contributed by atoms with Crippen molar-refractivity contribution in [2.24, 2.45) is 11.7 Å². The number of amides is 7. The van der Waals surface area contributed by atoms with E-state index in [1.807, 2.05) is 39.0 Å². The number of cyclic esters (lactones) is 1. The lowest BCUT2D eigenvalue weighted by Gasteiger charge is -2.38. The van der Waals surface area contributed by atoms with Gasteiger partial charge in [-0.25, -0.2) is 14.6 Å². The van der Waals surface area contributed by atoms with Crippen molar-refractivity contribution < 1.29 is 38.3 Å². The molecule has 6 rings (SSSR count). The highest BCUT2D eigenvalue weighted by Gasteiger charge is 2.44. The summed E-state index contributed by atoms with van der Waals surface area (Å²) < 4.78 is 5.38. The second-order valence-electron chi connectivity index (χ2n) is 13.5. The first-order chi connectivity index (χ1) is 26.3. The van der Waals surface area contributed by atoms with E-state index in [2.05, 4.69) is 40.0 Å². The number of nitrogens with two attached hydrogens (primary N) is 1. The number of carbonyl (C=O) groups is 7. The molecular formula is C38H56N8O8S. The van der Waals surface area contributed by atoms with Crippen molar-refractivity contribution in [3.63, 3.8) is 0 Å². The van der Waals surface area contributed by atoms with Crippen molar-refractivity contribution in [3.05, 3.63) is 47.5 Å². The molecule has 17 heteroatoms. The summed E-state index contributed by atoms with van der Waals surface area (Å²) in [5.74, 6) is -2.14. The molecule has 4 aliphatic heterocycles. The fourth-order valence-electron chi connectivity index (χ4n) is 6.72. The van der Waals surface area contributed by atoms with Crippen molar-refractivity contribution in [2.45, 2.75) is 104 Å². The minimum absolute atomic E-state index is 0.00788. The summed E-state index contributed by atoms with van der Waals surface area (Å²) >= 11 is 1.29. The average molecular weight is 785 g/mol. The maximum absolute atomic E-state index is 13.4. The minimum atomic E-state index is -0.825. The summed E-state index contributed by atoms with van der Waals surface area (Å²) in [6, 6.07) is 6.97. The van der Waals surface area contributed by atoms with Crippen LogP contribution < -0.4 is 21.7 Å². The van der Waals surface area contributed by atoms with Crippen LogP contribution in [0, 0.1) is 12.8 Å². The van der Waals surface area contributed by atoms with E-state index in [9.17, 15) is 33.6 Å². The number of anilines is 1. The average Bonchev–Trinajstić information content (AvgIpc) is 3.97. The zero-order chi connectivity index (χ0) is 40.5. The van der Waals surface area contributed by atoms with Crippen molar-refractivity contribution in [2.75, 3.05) is 38.1 Å². The van der Waals surface area contributed by atoms with Crippen LogP contribution in [0.1, 0.15) is 78.2 Å². The molecule has 1 aromatic carbocycles. The molecular weight excluding hydrogens is 729 g/mol. The van der Waals surface area contributed by atoms with Crippen LogP contribution >= 0.6 is 11.3 Å². The standard InChI is InChI=1S/C23H34N4O6.C7H8.C6H8N4O2S.C2H6/c1-14-12-18-23(32)33-11-8-19(28)25-10-5-7-17(25)22(31)26-9-4-3-6-16(26)20(29)24-15(2)21(30)27(18)13-14;1-7-5-3-2-4-6-7;7-4(11)3-9-5(12)10-6-8-1-2-13-6;1-2/h14-18H,3-13H2,1-2H3,(H,24,29);2-6H,1H3;1-2H,3H2,(H2,7,11)(H2,8,9,10,12);1-2H3. The molecule has 2 aromatic rings. The molecule has 55 heavy (non-hydrogen) atoms. The van der Waals surface area contributed by atoms with E-state index in [-0.39, 0.29) is 49.1 Å². The van der Waals surface area contributed by atoms with Gasteiger partial charge in [0.05, 0.1) is 13.0 Å². The molecule has 4 aliphatic rings. The molecule has 0 aliphatic carbocycles. The van der Waals surface area contributed by atoms with Crippen molar-refractivity contribution >= 4 is 58.0 Å². The first kappa shape index (κ1) is 44.3. The Balaban J connectivity index is 0.000000301. The van der Waals surface area contributed by atoms with Crippen LogP contribution in [0.4, 0.5) is 9.93 Å². The van der Waals surface area contributed by atoms with E-state index in [1.54, 1.807) is 28.3 Å². The number of nitrogens with zero attached hydrogens (tertiary/aromatic N) is 4. The fourth-order valence-corrected chi connectivity index (χ4v) is 7.25. The molecule has 7 amide bonds. The number of urea groups is 1. The summed E-state index contributed by atoms with van der Waals surface area (Å²) in [6.45, 7) is 10.7. The third-order valence-electron chi connectivity index (χ3n) is 9.32. The summed E-state index contributed by atoms with van der Waals surface area (Å²) in [4.78, 5) is 95.0. The number of thiazole rings is 1. The van der Waals surface area contributed by atoms with Gasteiger partial charge >= 0.3 is 12.0 Å². The lowest BCUT2D eigenvalue weighted by molar-refractivity contribution is -0.156. The SMILES string of the molecule is CC.CC1CC2C(=O)OCCC(=O)N3CCCC3C(=O)N3CCCCC3C(=O)NC(C)C(=O)N2C1.Cc1ccccc1.NC(=O)CNC(=O)Nc1nccs1. The predicted molar refractivity (Wildman–Crippen MR) is 207 cm³/mol. The number of nitrogens with one attached hydrogen (secondary N) is 3. The van der Waals surface area contributed by atoms with Gasteiger partial charge in [0.25, 0.3) is 0 Å². The van der Waals surface area contributed by atoms with Gasteiger partial charge < -0.3 is 35.8 Å². The monoisotopic (exact) mass is 784 g/mol.